The molecular weight excluding hydrogens is 396 g/mol. The van der Waals surface area contributed by atoms with Gasteiger partial charge in [0, 0.05) is 6.04 Å². The summed E-state index contributed by atoms with van der Waals surface area (Å²) in [6.07, 6.45) is -0.732. The number of hydrogen-bond acceptors (Lipinski definition) is 6. The molecule has 0 aliphatic rings. The predicted molar refractivity (Wildman–Crippen MR) is 108 cm³/mol. The van der Waals surface area contributed by atoms with Crippen LogP contribution in [0.5, 0.6) is 5.75 Å². The normalized spacial score (nSPS) is 12.2. The van der Waals surface area contributed by atoms with Crippen molar-refractivity contribution in [2.45, 2.75) is 37.8 Å². The largest absolute Gasteiger partial charge is 0.481 e. The van der Waals surface area contributed by atoms with Gasteiger partial charge in [0.2, 0.25) is 0 Å². The summed E-state index contributed by atoms with van der Waals surface area (Å²) >= 11 is 0. The van der Waals surface area contributed by atoms with Crippen LogP contribution in [0.15, 0.2) is 53.4 Å². The number of sulfonamides is 1. The van der Waals surface area contributed by atoms with Gasteiger partial charge in [-0.15, -0.1) is 0 Å². The standard InChI is InChI=1S/C20H24N2O6S/c1-13(2)21-19(23)14(3)28-15-9-11-16(12-10-15)29(25,26)22-18-8-6-5-7-17(18)20(24)27-4/h5-14,22H,1-4H3,(H,21,23)/t14-/m1/s1. The van der Waals surface area contributed by atoms with E-state index in [9.17, 15) is 18.0 Å². The average Bonchev–Trinajstić information content (AvgIpc) is 2.67. The number of carbonyl (C=O) groups is 2. The Labute approximate surface area is 170 Å². The fourth-order valence-electron chi connectivity index (χ4n) is 2.42. The third kappa shape index (κ3) is 5.95. The number of rotatable bonds is 8. The number of ether oxygens (including phenoxy) is 2. The van der Waals surface area contributed by atoms with Gasteiger partial charge in [-0.2, -0.15) is 0 Å². The number of para-hydroxylation sites is 1. The van der Waals surface area contributed by atoms with Crippen molar-refractivity contribution in [1.82, 2.24) is 5.32 Å². The summed E-state index contributed by atoms with van der Waals surface area (Å²) in [5.41, 5.74) is 0.210. The molecule has 1 atom stereocenters. The summed E-state index contributed by atoms with van der Waals surface area (Å²) in [5.74, 6) is -0.566. The lowest BCUT2D eigenvalue weighted by Crippen LogP contribution is -2.40. The molecule has 0 aliphatic heterocycles. The number of nitrogens with one attached hydrogen (secondary N) is 2. The molecule has 0 spiro atoms. The monoisotopic (exact) mass is 420 g/mol. The number of anilines is 1. The number of carbonyl (C=O) groups excluding carboxylic acids is 2. The van der Waals surface area contributed by atoms with Gasteiger partial charge >= 0.3 is 5.97 Å². The summed E-state index contributed by atoms with van der Waals surface area (Å²) in [6.45, 7) is 5.29. The highest BCUT2D eigenvalue weighted by molar-refractivity contribution is 7.92. The summed E-state index contributed by atoms with van der Waals surface area (Å²) < 4.78 is 37.9. The minimum atomic E-state index is -3.95. The molecule has 0 aliphatic carbocycles. The van der Waals surface area contributed by atoms with Crippen LogP contribution in [-0.4, -0.2) is 39.5 Å². The maximum atomic E-state index is 12.7. The van der Waals surface area contributed by atoms with Gasteiger partial charge < -0.3 is 14.8 Å². The lowest BCUT2D eigenvalue weighted by Gasteiger charge is -2.17. The molecule has 0 radical (unpaired) electrons. The Morgan fingerprint density at radius 3 is 2.17 bits per heavy atom. The molecule has 2 N–H and O–H groups in total. The van der Waals surface area contributed by atoms with Crippen molar-refractivity contribution < 1.29 is 27.5 Å². The zero-order chi connectivity index (χ0) is 21.6. The van der Waals surface area contributed by atoms with E-state index in [0.29, 0.717) is 5.75 Å². The maximum Gasteiger partial charge on any atom is 0.339 e. The molecular formula is C20H24N2O6S. The van der Waals surface area contributed by atoms with E-state index < -0.39 is 22.1 Å². The van der Waals surface area contributed by atoms with E-state index >= 15 is 0 Å². The number of esters is 1. The van der Waals surface area contributed by atoms with Crippen molar-refractivity contribution in [3.63, 3.8) is 0 Å². The molecule has 2 aromatic rings. The van der Waals surface area contributed by atoms with Gasteiger partial charge in [0.15, 0.2) is 6.10 Å². The van der Waals surface area contributed by atoms with Crippen LogP contribution in [0, 0.1) is 0 Å². The fourth-order valence-corrected chi connectivity index (χ4v) is 3.50. The molecule has 0 bridgehead atoms. The zero-order valence-corrected chi connectivity index (χ0v) is 17.4. The molecule has 156 valence electrons. The Morgan fingerprint density at radius 1 is 0.966 bits per heavy atom. The van der Waals surface area contributed by atoms with Crippen molar-refractivity contribution in [3.8, 4) is 5.75 Å². The first kappa shape index (κ1) is 22.2. The van der Waals surface area contributed by atoms with Gasteiger partial charge in [0.05, 0.1) is 23.3 Å². The van der Waals surface area contributed by atoms with Gasteiger partial charge in [-0.25, -0.2) is 13.2 Å². The Kier molecular flexibility index (Phi) is 7.22. The van der Waals surface area contributed by atoms with Crippen molar-refractivity contribution in [2.24, 2.45) is 0 Å². The molecule has 0 heterocycles. The van der Waals surface area contributed by atoms with Gasteiger partial charge in [-0.3, -0.25) is 9.52 Å². The molecule has 0 fully saturated rings. The Bertz CT molecular complexity index is 971. The SMILES string of the molecule is COC(=O)c1ccccc1NS(=O)(=O)c1ccc(O[C@H](C)C(=O)NC(C)C)cc1. The first-order chi connectivity index (χ1) is 13.6. The topological polar surface area (TPSA) is 111 Å². The third-order valence-electron chi connectivity index (χ3n) is 3.82. The van der Waals surface area contributed by atoms with Crippen molar-refractivity contribution >= 4 is 27.6 Å². The highest BCUT2D eigenvalue weighted by atomic mass is 32.2. The number of benzene rings is 2. The van der Waals surface area contributed by atoms with Crippen LogP contribution in [0.3, 0.4) is 0 Å². The molecule has 0 unspecified atom stereocenters. The molecule has 9 heteroatoms. The van der Waals surface area contributed by atoms with Crippen LogP contribution < -0.4 is 14.8 Å². The summed E-state index contributed by atoms with van der Waals surface area (Å²) in [5, 5.41) is 2.74. The van der Waals surface area contributed by atoms with E-state index in [1.165, 1.54) is 43.5 Å². The Balaban J connectivity index is 2.15. The van der Waals surface area contributed by atoms with E-state index in [-0.39, 0.29) is 28.1 Å². The number of methoxy groups -OCH3 is 1. The van der Waals surface area contributed by atoms with Gasteiger partial charge in [-0.1, -0.05) is 12.1 Å². The summed E-state index contributed by atoms with van der Waals surface area (Å²) in [7, 11) is -2.73. The van der Waals surface area contributed by atoms with Gasteiger partial charge in [-0.05, 0) is 57.2 Å². The third-order valence-corrected chi connectivity index (χ3v) is 5.21. The highest BCUT2D eigenvalue weighted by Crippen LogP contribution is 2.23. The Morgan fingerprint density at radius 2 is 1.59 bits per heavy atom. The second kappa shape index (κ2) is 9.42. The quantitative estimate of drug-likeness (QED) is 0.635. The van der Waals surface area contributed by atoms with Crippen molar-refractivity contribution in [3.05, 3.63) is 54.1 Å². The molecule has 2 aromatic carbocycles. The molecule has 8 nitrogen and oxygen atoms in total. The van der Waals surface area contributed by atoms with E-state index in [2.05, 4.69) is 14.8 Å². The highest BCUT2D eigenvalue weighted by Gasteiger charge is 2.20. The second-order valence-corrected chi connectivity index (χ2v) is 8.22. The second-order valence-electron chi connectivity index (χ2n) is 6.54. The van der Waals surface area contributed by atoms with E-state index in [0.717, 1.165) is 0 Å². The maximum absolute atomic E-state index is 12.7. The first-order valence-electron chi connectivity index (χ1n) is 8.91. The van der Waals surface area contributed by atoms with Crippen LogP contribution in [0.2, 0.25) is 0 Å². The lowest BCUT2D eigenvalue weighted by atomic mass is 10.2. The average molecular weight is 420 g/mol. The molecule has 29 heavy (non-hydrogen) atoms. The fraction of sp³-hybridized carbons (Fsp3) is 0.300. The number of amides is 1. The van der Waals surface area contributed by atoms with Crippen molar-refractivity contribution in [2.75, 3.05) is 11.8 Å². The van der Waals surface area contributed by atoms with Crippen LogP contribution in [0.4, 0.5) is 5.69 Å². The lowest BCUT2D eigenvalue weighted by molar-refractivity contribution is -0.127. The minimum Gasteiger partial charge on any atom is -0.481 e. The summed E-state index contributed by atoms with van der Waals surface area (Å²) in [4.78, 5) is 23.7. The Hall–Kier alpha value is -3.07. The first-order valence-corrected chi connectivity index (χ1v) is 10.4. The molecule has 1 amide bonds. The van der Waals surface area contributed by atoms with Crippen LogP contribution in [0.25, 0.3) is 0 Å². The van der Waals surface area contributed by atoms with E-state index in [1.54, 1.807) is 19.1 Å². The molecule has 0 saturated carbocycles. The van der Waals surface area contributed by atoms with Crippen LogP contribution >= 0.6 is 0 Å². The summed E-state index contributed by atoms with van der Waals surface area (Å²) in [6, 6.07) is 11.7. The van der Waals surface area contributed by atoms with Crippen LogP contribution in [-0.2, 0) is 19.6 Å². The smallest absolute Gasteiger partial charge is 0.339 e. The van der Waals surface area contributed by atoms with Gasteiger partial charge in [0.1, 0.15) is 5.75 Å². The molecule has 0 saturated heterocycles. The predicted octanol–water partition coefficient (Wildman–Crippen LogP) is 2.57. The van der Waals surface area contributed by atoms with Crippen LogP contribution in [0.1, 0.15) is 31.1 Å². The van der Waals surface area contributed by atoms with E-state index in [4.69, 9.17) is 4.74 Å². The molecule has 2 rings (SSSR count). The molecule has 0 aromatic heterocycles. The zero-order valence-electron chi connectivity index (χ0n) is 16.6. The van der Waals surface area contributed by atoms with Gasteiger partial charge in [0.25, 0.3) is 15.9 Å². The van der Waals surface area contributed by atoms with E-state index in [1.807, 2.05) is 13.8 Å². The minimum absolute atomic E-state index is 0.0139. The van der Waals surface area contributed by atoms with Crippen molar-refractivity contribution in [1.29, 1.82) is 0 Å². The number of hydrogen-bond donors (Lipinski definition) is 2.